The van der Waals surface area contributed by atoms with Gasteiger partial charge >= 0.3 is 0 Å². The van der Waals surface area contributed by atoms with Crippen LogP contribution in [0.1, 0.15) is 6.42 Å². The quantitative estimate of drug-likeness (QED) is 0.689. The first kappa shape index (κ1) is 12.9. The molecule has 21 heavy (non-hydrogen) atoms. The van der Waals surface area contributed by atoms with Gasteiger partial charge in [0.25, 0.3) is 0 Å². The molecule has 3 aliphatic rings. The number of fused-ring (bicyclic) bond motifs is 5. The van der Waals surface area contributed by atoms with Crippen LogP contribution in [0.3, 0.4) is 0 Å². The van der Waals surface area contributed by atoms with E-state index in [0.717, 1.165) is 12.1 Å². The summed E-state index contributed by atoms with van der Waals surface area (Å²) in [5.41, 5.74) is 0.734. The van der Waals surface area contributed by atoms with Crippen LogP contribution in [-0.2, 0) is 9.59 Å². The van der Waals surface area contributed by atoms with Crippen LogP contribution in [0.4, 0.5) is 5.69 Å². The van der Waals surface area contributed by atoms with Crippen molar-refractivity contribution in [2.75, 3.05) is 12.0 Å². The molecule has 1 heterocycles. The molecule has 5 heteroatoms. The Morgan fingerprint density at radius 3 is 2.33 bits per heavy atom. The second kappa shape index (κ2) is 4.60. The Hall–Kier alpha value is -1.81. The highest BCUT2D eigenvalue weighted by Gasteiger charge is 2.59. The minimum absolute atomic E-state index is 0.0404. The number of amides is 2. The van der Waals surface area contributed by atoms with Gasteiger partial charge < -0.3 is 5.32 Å². The number of halogens is 1. The van der Waals surface area contributed by atoms with Crippen molar-refractivity contribution in [2.45, 2.75) is 6.42 Å². The Kier molecular flexibility index (Phi) is 2.82. The first-order valence-electron chi connectivity index (χ1n) is 7.19. The first-order chi connectivity index (χ1) is 10.2. The second-order valence-electron chi connectivity index (χ2n) is 5.92. The summed E-state index contributed by atoms with van der Waals surface area (Å²) in [5, 5.41) is 3.67. The van der Waals surface area contributed by atoms with E-state index in [-0.39, 0.29) is 42.2 Å². The number of nitrogens with zero attached hydrogens (tertiary/aromatic N) is 1. The van der Waals surface area contributed by atoms with E-state index >= 15 is 0 Å². The van der Waals surface area contributed by atoms with Gasteiger partial charge in [-0.2, -0.15) is 0 Å². The van der Waals surface area contributed by atoms with E-state index in [4.69, 9.17) is 11.6 Å². The predicted molar refractivity (Wildman–Crippen MR) is 79.5 cm³/mol. The molecule has 4 nitrogen and oxygen atoms in total. The maximum atomic E-state index is 12.5. The van der Waals surface area contributed by atoms with Gasteiger partial charge in [0.2, 0.25) is 11.8 Å². The highest BCUT2D eigenvalue weighted by Crippen LogP contribution is 2.52. The van der Waals surface area contributed by atoms with Crippen LogP contribution < -0.4 is 5.32 Å². The van der Waals surface area contributed by atoms with E-state index in [1.165, 1.54) is 4.90 Å². The van der Waals surface area contributed by atoms with Gasteiger partial charge in [-0.05, 0) is 30.4 Å². The standard InChI is InChI=1S/C16H15ClN2O2/c17-11-3-1-2-4-12(11)18-8-19-15(20)13-9-5-6-10(7-9)14(13)16(19)21/h1-6,9-10,13-14,18H,7-8H2/t9-,10-,13-,14-/m0/s1. The smallest absolute Gasteiger partial charge is 0.235 e. The van der Waals surface area contributed by atoms with Crippen molar-refractivity contribution in [3.05, 3.63) is 41.4 Å². The number of allylic oxidation sites excluding steroid dienone is 2. The lowest BCUT2D eigenvalue weighted by Crippen LogP contribution is -2.37. The summed E-state index contributed by atoms with van der Waals surface area (Å²) in [5.74, 6) is 0.146. The molecule has 2 bridgehead atoms. The van der Waals surface area contributed by atoms with Crippen LogP contribution in [0.5, 0.6) is 0 Å². The number of imide groups is 1. The van der Waals surface area contributed by atoms with E-state index in [1.807, 2.05) is 18.2 Å². The second-order valence-corrected chi connectivity index (χ2v) is 6.33. The van der Waals surface area contributed by atoms with Gasteiger partial charge in [-0.25, -0.2) is 0 Å². The molecule has 2 amide bonds. The van der Waals surface area contributed by atoms with Gasteiger partial charge in [-0.15, -0.1) is 0 Å². The average molecular weight is 303 g/mol. The van der Waals surface area contributed by atoms with Crippen molar-refractivity contribution in [3.63, 3.8) is 0 Å². The van der Waals surface area contributed by atoms with Crippen LogP contribution in [0.15, 0.2) is 36.4 Å². The van der Waals surface area contributed by atoms with Gasteiger partial charge in [-0.1, -0.05) is 35.9 Å². The van der Waals surface area contributed by atoms with Crippen LogP contribution in [0.25, 0.3) is 0 Å². The van der Waals surface area contributed by atoms with Gasteiger partial charge in [0, 0.05) is 0 Å². The monoisotopic (exact) mass is 302 g/mol. The Morgan fingerprint density at radius 1 is 1.10 bits per heavy atom. The number of hydrogen-bond donors (Lipinski definition) is 1. The molecular formula is C16H15ClN2O2. The average Bonchev–Trinajstić information content (AvgIpc) is 3.14. The highest BCUT2D eigenvalue weighted by molar-refractivity contribution is 6.33. The molecule has 1 aliphatic heterocycles. The Labute approximate surface area is 127 Å². The van der Waals surface area contributed by atoms with Crippen molar-refractivity contribution >= 4 is 29.1 Å². The van der Waals surface area contributed by atoms with E-state index < -0.39 is 0 Å². The summed E-state index contributed by atoms with van der Waals surface area (Å²) >= 11 is 6.07. The molecule has 1 saturated carbocycles. The number of nitrogens with one attached hydrogen (secondary N) is 1. The number of benzene rings is 1. The zero-order valence-electron chi connectivity index (χ0n) is 11.3. The van der Waals surface area contributed by atoms with Crippen LogP contribution >= 0.6 is 11.6 Å². The number of para-hydroxylation sites is 1. The number of carbonyl (C=O) groups excluding carboxylic acids is 2. The lowest BCUT2D eigenvalue weighted by molar-refractivity contribution is -0.140. The molecule has 0 spiro atoms. The third-order valence-corrected chi connectivity index (χ3v) is 5.19. The summed E-state index contributed by atoms with van der Waals surface area (Å²) in [6.45, 7) is 0.188. The van der Waals surface area contributed by atoms with Crippen molar-refractivity contribution < 1.29 is 9.59 Å². The minimum Gasteiger partial charge on any atom is -0.366 e. The number of likely N-dealkylation sites (tertiary alicyclic amines) is 1. The molecule has 0 unspecified atom stereocenters. The van der Waals surface area contributed by atoms with Crippen LogP contribution in [0, 0.1) is 23.7 Å². The predicted octanol–water partition coefficient (Wildman–Crippen LogP) is 2.52. The van der Waals surface area contributed by atoms with Gasteiger partial charge in [0.05, 0.1) is 29.2 Å². The SMILES string of the molecule is O=C1[C@@H]2[C@@H](C(=O)N1CNc1ccccc1Cl)[C@H]1C=C[C@H]2C1. The van der Waals surface area contributed by atoms with E-state index in [1.54, 1.807) is 6.07 Å². The van der Waals surface area contributed by atoms with E-state index in [9.17, 15) is 9.59 Å². The zero-order valence-corrected chi connectivity index (χ0v) is 12.1. The molecule has 2 fully saturated rings. The van der Waals surface area contributed by atoms with E-state index in [0.29, 0.717) is 5.02 Å². The zero-order chi connectivity index (χ0) is 14.6. The number of anilines is 1. The largest absolute Gasteiger partial charge is 0.366 e. The fourth-order valence-electron chi connectivity index (χ4n) is 3.89. The number of rotatable bonds is 3. The molecule has 1 saturated heterocycles. The topological polar surface area (TPSA) is 49.4 Å². The summed E-state index contributed by atoms with van der Waals surface area (Å²) in [4.78, 5) is 26.3. The van der Waals surface area contributed by atoms with Crippen molar-refractivity contribution in [2.24, 2.45) is 23.7 Å². The molecule has 0 radical (unpaired) electrons. The molecule has 2 aliphatic carbocycles. The molecule has 0 aromatic heterocycles. The molecule has 1 aromatic carbocycles. The van der Waals surface area contributed by atoms with Crippen LogP contribution in [-0.4, -0.2) is 23.4 Å². The molecule has 1 N–H and O–H groups in total. The number of hydrogen-bond acceptors (Lipinski definition) is 3. The fraction of sp³-hybridized carbons (Fsp3) is 0.375. The van der Waals surface area contributed by atoms with Gasteiger partial charge in [0.15, 0.2) is 0 Å². The normalized spacial score (nSPS) is 32.9. The van der Waals surface area contributed by atoms with Crippen molar-refractivity contribution in [1.82, 2.24) is 4.90 Å². The third kappa shape index (κ3) is 1.82. The molecule has 4 atom stereocenters. The van der Waals surface area contributed by atoms with Crippen molar-refractivity contribution in [3.8, 4) is 0 Å². The number of carbonyl (C=O) groups is 2. The summed E-state index contributed by atoms with van der Waals surface area (Å²) in [7, 11) is 0. The minimum atomic E-state index is -0.138. The molecule has 108 valence electrons. The Balaban J connectivity index is 1.51. The lowest BCUT2D eigenvalue weighted by Gasteiger charge is -2.18. The maximum absolute atomic E-state index is 12.5. The van der Waals surface area contributed by atoms with Gasteiger partial charge in [0.1, 0.15) is 0 Å². The van der Waals surface area contributed by atoms with Crippen molar-refractivity contribution in [1.29, 1.82) is 0 Å². The third-order valence-electron chi connectivity index (χ3n) is 4.86. The maximum Gasteiger partial charge on any atom is 0.235 e. The fourth-order valence-corrected chi connectivity index (χ4v) is 4.09. The van der Waals surface area contributed by atoms with E-state index in [2.05, 4.69) is 17.5 Å². The summed E-state index contributed by atoms with van der Waals surface area (Å²) in [6.07, 6.45) is 5.16. The Bertz CT molecular complexity index is 627. The molecule has 4 rings (SSSR count). The first-order valence-corrected chi connectivity index (χ1v) is 7.56. The van der Waals surface area contributed by atoms with Gasteiger partial charge in [-0.3, -0.25) is 14.5 Å². The molecule has 1 aromatic rings. The lowest BCUT2D eigenvalue weighted by atomic mass is 9.85. The Morgan fingerprint density at radius 2 is 1.71 bits per heavy atom. The summed E-state index contributed by atoms with van der Waals surface area (Å²) < 4.78 is 0. The molecular weight excluding hydrogens is 288 g/mol. The van der Waals surface area contributed by atoms with Crippen LogP contribution in [0.2, 0.25) is 5.02 Å². The highest BCUT2D eigenvalue weighted by atomic mass is 35.5. The summed E-state index contributed by atoms with van der Waals surface area (Å²) in [6, 6.07) is 7.31.